The van der Waals surface area contributed by atoms with E-state index < -0.39 is 0 Å². The highest BCUT2D eigenvalue weighted by Gasteiger charge is 2.10. The lowest BCUT2D eigenvalue weighted by molar-refractivity contribution is 1.35. The monoisotopic (exact) mass is 257 g/mol. The van der Waals surface area contributed by atoms with Crippen molar-refractivity contribution in [2.45, 2.75) is 0 Å². The fourth-order valence-corrected chi connectivity index (χ4v) is 3.02. The van der Waals surface area contributed by atoms with Gasteiger partial charge in [0.1, 0.15) is 11.3 Å². The van der Waals surface area contributed by atoms with Gasteiger partial charge in [-0.2, -0.15) is 0 Å². The Morgan fingerprint density at radius 1 is 0.600 bits per heavy atom. The Morgan fingerprint density at radius 2 is 1.10 bits per heavy atom. The summed E-state index contributed by atoms with van der Waals surface area (Å²) in [6.07, 6.45) is 0. The number of hydrogen-bond acceptors (Lipinski definition) is 1. The number of fused-ring (bicyclic) bond motifs is 6. The average molecular weight is 257 g/mol. The van der Waals surface area contributed by atoms with E-state index in [0.717, 1.165) is 22.3 Å². The molecule has 2 N–H and O–H groups in total. The number of rotatable bonds is 0. The zero-order valence-electron chi connectivity index (χ0n) is 10.6. The van der Waals surface area contributed by atoms with Gasteiger partial charge >= 0.3 is 0 Å². The number of hydrogen-bond donors (Lipinski definition) is 2. The van der Waals surface area contributed by atoms with Crippen molar-refractivity contribution in [3.8, 4) is 0 Å². The first-order chi connectivity index (χ1) is 9.90. The van der Waals surface area contributed by atoms with E-state index in [2.05, 4.69) is 52.4 Å². The van der Waals surface area contributed by atoms with Crippen molar-refractivity contribution in [2.75, 3.05) is 0 Å². The van der Waals surface area contributed by atoms with Gasteiger partial charge in [-0.1, -0.05) is 36.4 Å². The first-order valence-corrected chi connectivity index (χ1v) is 6.68. The number of para-hydroxylation sites is 2. The molecule has 5 aromatic rings. The predicted molar refractivity (Wildman–Crippen MR) is 83.0 cm³/mol. The van der Waals surface area contributed by atoms with Crippen LogP contribution in [0.4, 0.5) is 0 Å². The van der Waals surface area contributed by atoms with Crippen molar-refractivity contribution in [1.82, 2.24) is 15.0 Å². The summed E-state index contributed by atoms with van der Waals surface area (Å²) in [5.74, 6) is 0. The first-order valence-electron chi connectivity index (χ1n) is 6.68. The molecule has 3 nitrogen and oxygen atoms in total. The van der Waals surface area contributed by atoms with Crippen LogP contribution in [0.2, 0.25) is 0 Å². The van der Waals surface area contributed by atoms with Gasteiger partial charge in [0.25, 0.3) is 0 Å². The molecule has 0 saturated carbocycles. The van der Waals surface area contributed by atoms with Gasteiger partial charge in [0.05, 0.1) is 0 Å². The summed E-state index contributed by atoms with van der Waals surface area (Å²) in [6.45, 7) is 0. The molecule has 0 radical (unpaired) electrons. The van der Waals surface area contributed by atoms with E-state index in [1.54, 1.807) is 0 Å². The Labute approximate surface area is 114 Å². The lowest BCUT2D eigenvalue weighted by Gasteiger charge is -1.93. The maximum absolute atomic E-state index is 4.74. The Hall–Kier alpha value is -2.81. The summed E-state index contributed by atoms with van der Waals surface area (Å²) in [5.41, 5.74) is 4.13. The van der Waals surface area contributed by atoms with E-state index in [1.807, 2.05) is 12.1 Å². The SMILES string of the molecule is c1ccc2c(c1)[nH]c1nc3[nH]c4ccccc4c3cc12. The molecular formula is C17H11N3. The molecule has 0 saturated heterocycles. The number of pyridine rings is 1. The topological polar surface area (TPSA) is 44.5 Å². The molecule has 0 atom stereocenters. The third-order valence-corrected chi connectivity index (χ3v) is 3.96. The third kappa shape index (κ3) is 1.17. The molecule has 0 aliphatic carbocycles. The quantitative estimate of drug-likeness (QED) is 0.425. The number of benzene rings is 2. The standard InChI is InChI=1S/C17H11N3/c1-3-7-14-10(5-1)12-9-13-11-6-2-4-8-15(11)19-17(13)20-16(12)18-14/h1-9H,(H2,18,19,20). The molecule has 94 valence electrons. The van der Waals surface area contributed by atoms with Crippen molar-refractivity contribution < 1.29 is 0 Å². The summed E-state index contributed by atoms with van der Waals surface area (Å²) in [6, 6.07) is 18.9. The van der Waals surface area contributed by atoms with Crippen LogP contribution in [0.3, 0.4) is 0 Å². The molecule has 0 unspecified atom stereocenters. The van der Waals surface area contributed by atoms with Crippen LogP contribution < -0.4 is 0 Å². The number of aromatic nitrogens is 3. The molecule has 3 heterocycles. The Bertz CT molecular complexity index is 1010. The smallest absolute Gasteiger partial charge is 0.140 e. The number of aromatic amines is 2. The summed E-state index contributed by atoms with van der Waals surface area (Å²) in [5, 5.41) is 4.81. The highest BCUT2D eigenvalue weighted by molar-refractivity contribution is 6.14. The Balaban J connectivity index is 2.06. The zero-order chi connectivity index (χ0) is 13.1. The van der Waals surface area contributed by atoms with Gasteiger partial charge < -0.3 is 9.97 Å². The lowest BCUT2D eigenvalue weighted by atomic mass is 10.1. The van der Waals surface area contributed by atoms with E-state index >= 15 is 0 Å². The normalized spacial score (nSPS) is 12.0. The van der Waals surface area contributed by atoms with E-state index in [4.69, 9.17) is 4.98 Å². The van der Waals surface area contributed by atoms with Gasteiger partial charge in [-0.3, -0.25) is 0 Å². The summed E-state index contributed by atoms with van der Waals surface area (Å²) in [4.78, 5) is 11.5. The highest BCUT2D eigenvalue weighted by Crippen LogP contribution is 2.30. The molecule has 0 fully saturated rings. The average Bonchev–Trinajstić information content (AvgIpc) is 3.02. The molecule has 5 rings (SSSR count). The van der Waals surface area contributed by atoms with Crippen LogP contribution in [0.25, 0.3) is 43.9 Å². The molecule has 0 spiro atoms. The summed E-state index contributed by atoms with van der Waals surface area (Å²) in [7, 11) is 0. The largest absolute Gasteiger partial charge is 0.339 e. The van der Waals surface area contributed by atoms with Crippen molar-refractivity contribution in [3.05, 3.63) is 54.6 Å². The van der Waals surface area contributed by atoms with E-state index in [9.17, 15) is 0 Å². The fraction of sp³-hybridized carbons (Fsp3) is 0. The van der Waals surface area contributed by atoms with Gasteiger partial charge in [-0.05, 0) is 18.2 Å². The van der Waals surface area contributed by atoms with Crippen LogP contribution in [0.5, 0.6) is 0 Å². The van der Waals surface area contributed by atoms with Crippen LogP contribution in [0.15, 0.2) is 54.6 Å². The van der Waals surface area contributed by atoms with Crippen molar-refractivity contribution >= 4 is 43.9 Å². The molecule has 0 bridgehead atoms. The summed E-state index contributed by atoms with van der Waals surface area (Å²) < 4.78 is 0. The van der Waals surface area contributed by atoms with E-state index in [-0.39, 0.29) is 0 Å². The second-order valence-corrected chi connectivity index (χ2v) is 5.12. The third-order valence-electron chi connectivity index (χ3n) is 3.96. The molecule has 3 heteroatoms. The van der Waals surface area contributed by atoms with Crippen LogP contribution in [-0.2, 0) is 0 Å². The second-order valence-electron chi connectivity index (χ2n) is 5.12. The van der Waals surface area contributed by atoms with Crippen LogP contribution in [0, 0.1) is 0 Å². The molecule has 3 aromatic heterocycles. The minimum absolute atomic E-state index is 0.935. The van der Waals surface area contributed by atoms with Crippen molar-refractivity contribution in [3.63, 3.8) is 0 Å². The first kappa shape index (κ1) is 10.0. The Morgan fingerprint density at radius 3 is 1.65 bits per heavy atom. The van der Waals surface area contributed by atoms with Gasteiger partial charge in [0.15, 0.2) is 0 Å². The van der Waals surface area contributed by atoms with E-state index in [1.165, 1.54) is 21.5 Å². The van der Waals surface area contributed by atoms with Crippen molar-refractivity contribution in [2.24, 2.45) is 0 Å². The number of nitrogens with zero attached hydrogens (tertiary/aromatic N) is 1. The minimum atomic E-state index is 0.935. The van der Waals surface area contributed by atoms with E-state index in [0.29, 0.717) is 0 Å². The fourth-order valence-electron chi connectivity index (χ4n) is 3.02. The van der Waals surface area contributed by atoms with Crippen molar-refractivity contribution in [1.29, 1.82) is 0 Å². The minimum Gasteiger partial charge on any atom is -0.339 e. The van der Waals surface area contributed by atoms with Crippen LogP contribution in [0.1, 0.15) is 0 Å². The molecule has 20 heavy (non-hydrogen) atoms. The number of H-pyrrole nitrogens is 2. The molecule has 0 amide bonds. The zero-order valence-corrected chi connectivity index (χ0v) is 10.6. The van der Waals surface area contributed by atoms with Gasteiger partial charge in [-0.15, -0.1) is 0 Å². The Kier molecular flexibility index (Phi) is 1.70. The molecular weight excluding hydrogens is 246 g/mol. The maximum Gasteiger partial charge on any atom is 0.140 e. The highest BCUT2D eigenvalue weighted by atomic mass is 14.9. The molecule has 2 aromatic carbocycles. The molecule has 0 aliphatic rings. The number of nitrogens with one attached hydrogen (secondary N) is 2. The van der Waals surface area contributed by atoms with Gasteiger partial charge in [0, 0.05) is 32.6 Å². The maximum atomic E-state index is 4.74. The van der Waals surface area contributed by atoms with Gasteiger partial charge in [0.2, 0.25) is 0 Å². The predicted octanol–water partition coefficient (Wildman–Crippen LogP) is 4.35. The lowest BCUT2D eigenvalue weighted by Crippen LogP contribution is -1.78. The van der Waals surface area contributed by atoms with Crippen LogP contribution in [-0.4, -0.2) is 15.0 Å². The van der Waals surface area contributed by atoms with Gasteiger partial charge in [-0.25, -0.2) is 4.98 Å². The molecule has 0 aliphatic heterocycles. The second kappa shape index (κ2) is 3.39. The summed E-state index contributed by atoms with van der Waals surface area (Å²) >= 11 is 0. The van der Waals surface area contributed by atoms with Crippen LogP contribution >= 0.6 is 0 Å².